The van der Waals surface area contributed by atoms with Crippen LogP contribution in [0, 0.1) is 0 Å². The molecule has 0 spiro atoms. The Hall–Kier alpha value is -0.690. The van der Waals surface area contributed by atoms with Crippen molar-refractivity contribution in [1.29, 1.82) is 0 Å². The van der Waals surface area contributed by atoms with Gasteiger partial charge >= 0.3 is 0 Å². The SMILES string of the molecule is CC1CN(Cc2noc(CN)n2)CC(C)(C)O1.Cl. The minimum absolute atomic E-state index is 0. The fourth-order valence-corrected chi connectivity index (χ4v) is 2.34. The average molecular weight is 277 g/mol. The summed E-state index contributed by atoms with van der Waals surface area (Å²) in [5, 5.41) is 3.91. The van der Waals surface area contributed by atoms with Gasteiger partial charge < -0.3 is 15.0 Å². The van der Waals surface area contributed by atoms with E-state index in [-0.39, 0.29) is 30.7 Å². The number of hydrogen-bond donors (Lipinski definition) is 1. The topological polar surface area (TPSA) is 77.4 Å². The smallest absolute Gasteiger partial charge is 0.240 e. The normalized spacial score (nSPS) is 23.7. The van der Waals surface area contributed by atoms with E-state index in [9.17, 15) is 0 Å². The number of morpholine rings is 1. The van der Waals surface area contributed by atoms with Crippen molar-refractivity contribution in [3.63, 3.8) is 0 Å². The number of halogens is 1. The molecule has 18 heavy (non-hydrogen) atoms. The van der Waals surface area contributed by atoms with E-state index in [1.54, 1.807) is 0 Å². The lowest BCUT2D eigenvalue weighted by atomic mass is 10.1. The molecule has 0 saturated carbocycles. The van der Waals surface area contributed by atoms with Crippen molar-refractivity contribution >= 4 is 12.4 Å². The molecular formula is C11H21ClN4O2. The molecule has 0 amide bonds. The maximum Gasteiger partial charge on any atom is 0.240 e. The maximum absolute atomic E-state index is 5.84. The highest BCUT2D eigenvalue weighted by molar-refractivity contribution is 5.85. The van der Waals surface area contributed by atoms with Crippen LogP contribution in [-0.4, -0.2) is 39.8 Å². The van der Waals surface area contributed by atoms with Gasteiger partial charge in [0.25, 0.3) is 0 Å². The van der Waals surface area contributed by atoms with Crippen LogP contribution >= 0.6 is 12.4 Å². The Morgan fingerprint density at radius 3 is 2.78 bits per heavy atom. The highest BCUT2D eigenvalue weighted by Gasteiger charge is 2.31. The third-order valence-electron chi connectivity index (χ3n) is 2.69. The van der Waals surface area contributed by atoms with Crippen LogP contribution in [-0.2, 0) is 17.8 Å². The zero-order valence-electron chi connectivity index (χ0n) is 11.0. The molecule has 0 radical (unpaired) electrons. The van der Waals surface area contributed by atoms with E-state index >= 15 is 0 Å². The molecule has 2 rings (SSSR count). The Morgan fingerprint density at radius 1 is 1.50 bits per heavy atom. The first-order valence-electron chi connectivity index (χ1n) is 5.90. The zero-order chi connectivity index (χ0) is 12.5. The zero-order valence-corrected chi connectivity index (χ0v) is 11.9. The minimum atomic E-state index is -0.127. The highest BCUT2D eigenvalue weighted by Crippen LogP contribution is 2.21. The second-order valence-corrected chi connectivity index (χ2v) is 5.17. The molecule has 1 aliphatic rings. The van der Waals surface area contributed by atoms with Gasteiger partial charge in [0.2, 0.25) is 5.89 Å². The van der Waals surface area contributed by atoms with Crippen LogP contribution in [0.15, 0.2) is 4.52 Å². The van der Waals surface area contributed by atoms with Gasteiger partial charge in [-0.05, 0) is 20.8 Å². The average Bonchev–Trinajstić information content (AvgIpc) is 2.62. The quantitative estimate of drug-likeness (QED) is 0.886. The van der Waals surface area contributed by atoms with Crippen LogP contribution in [0.5, 0.6) is 0 Å². The number of rotatable bonds is 3. The molecule has 2 N–H and O–H groups in total. The third kappa shape index (κ3) is 3.91. The van der Waals surface area contributed by atoms with Gasteiger partial charge in [-0.1, -0.05) is 5.16 Å². The fraction of sp³-hybridized carbons (Fsp3) is 0.818. The number of aromatic nitrogens is 2. The lowest BCUT2D eigenvalue weighted by Crippen LogP contribution is -2.51. The van der Waals surface area contributed by atoms with E-state index < -0.39 is 0 Å². The molecule has 0 aromatic carbocycles. The molecule has 1 atom stereocenters. The third-order valence-corrected chi connectivity index (χ3v) is 2.69. The monoisotopic (exact) mass is 276 g/mol. The Balaban J connectivity index is 0.00000162. The van der Waals surface area contributed by atoms with Crippen molar-refractivity contribution < 1.29 is 9.26 Å². The van der Waals surface area contributed by atoms with Crippen molar-refractivity contribution in [1.82, 2.24) is 15.0 Å². The summed E-state index contributed by atoms with van der Waals surface area (Å²) in [5.41, 5.74) is 5.30. The Labute approximate surface area is 113 Å². The van der Waals surface area contributed by atoms with E-state index in [4.69, 9.17) is 15.0 Å². The maximum atomic E-state index is 5.84. The second kappa shape index (κ2) is 5.97. The molecule has 1 aromatic heterocycles. The standard InChI is InChI=1S/C11H20N4O2.ClH/c1-8-5-15(7-11(2,3)16-8)6-9-13-10(4-12)17-14-9;/h8H,4-7,12H2,1-3H3;1H. The molecule has 1 fully saturated rings. The molecule has 104 valence electrons. The van der Waals surface area contributed by atoms with Crippen LogP contribution in [0.25, 0.3) is 0 Å². The van der Waals surface area contributed by atoms with Gasteiger partial charge in [0.05, 0.1) is 24.8 Å². The molecule has 7 heteroatoms. The van der Waals surface area contributed by atoms with Gasteiger partial charge in [-0.15, -0.1) is 12.4 Å². The minimum Gasteiger partial charge on any atom is -0.370 e. The Morgan fingerprint density at radius 2 is 2.22 bits per heavy atom. The van der Waals surface area contributed by atoms with Crippen LogP contribution in [0.2, 0.25) is 0 Å². The molecule has 2 heterocycles. The highest BCUT2D eigenvalue weighted by atomic mass is 35.5. The predicted octanol–water partition coefficient (Wildman–Crippen LogP) is 0.949. The summed E-state index contributed by atoms with van der Waals surface area (Å²) >= 11 is 0. The Kier molecular flexibility index (Phi) is 5.10. The molecule has 6 nitrogen and oxygen atoms in total. The summed E-state index contributed by atoms with van der Waals surface area (Å²) in [4.78, 5) is 6.49. The number of nitrogens with zero attached hydrogens (tertiary/aromatic N) is 3. The van der Waals surface area contributed by atoms with Crippen molar-refractivity contribution in [3.05, 3.63) is 11.7 Å². The fourth-order valence-electron chi connectivity index (χ4n) is 2.34. The van der Waals surface area contributed by atoms with E-state index in [0.29, 0.717) is 18.3 Å². The second-order valence-electron chi connectivity index (χ2n) is 5.17. The molecule has 1 unspecified atom stereocenters. The molecule has 1 aromatic rings. The van der Waals surface area contributed by atoms with Crippen LogP contribution in [0.1, 0.15) is 32.5 Å². The van der Waals surface area contributed by atoms with Gasteiger partial charge in [-0.2, -0.15) is 4.98 Å². The van der Waals surface area contributed by atoms with Gasteiger partial charge in [-0.25, -0.2) is 0 Å². The predicted molar refractivity (Wildman–Crippen MR) is 69.3 cm³/mol. The molecule has 1 aliphatic heterocycles. The van der Waals surface area contributed by atoms with Crippen molar-refractivity contribution in [2.24, 2.45) is 5.73 Å². The van der Waals surface area contributed by atoms with Crippen LogP contribution in [0.3, 0.4) is 0 Å². The first-order valence-corrected chi connectivity index (χ1v) is 5.90. The largest absolute Gasteiger partial charge is 0.370 e. The first-order chi connectivity index (χ1) is 7.98. The van der Waals surface area contributed by atoms with E-state index in [2.05, 4.69) is 35.8 Å². The lowest BCUT2D eigenvalue weighted by molar-refractivity contribution is -0.131. The van der Waals surface area contributed by atoms with Gasteiger partial charge in [0.15, 0.2) is 5.82 Å². The summed E-state index contributed by atoms with van der Waals surface area (Å²) in [6.07, 6.45) is 0.222. The van der Waals surface area contributed by atoms with Crippen LogP contribution < -0.4 is 5.73 Å². The Bertz CT molecular complexity index is 383. The van der Waals surface area contributed by atoms with Crippen molar-refractivity contribution in [2.45, 2.75) is 45.6 Å². The first kappa shape index (κ1) is 15.4. The summed E-state index contributed by atoms with van der Waals surface area (Å²) < 4.78 is 10.8. The van der Waals surface area contributed by atoms with E-state index in [1.807, 2.05) is 0 Å². The van der Waals surface area contributed by atoms with Crippen LogP contribution in [0.4, 0.5) is 0 Å². The summed E-state index contributed by atoms with van der Waals surface area (Å²) in [5.74, 6) is 1.18. The summed E-state index contributed by atoms with van der Waals surface area (Å²) in [6.45, 7) is 8.99. The number of ether oxygens (including phenoxy) is 1. The summed E-state index contributed by atoms with van der Waals surface area (Å²) in [7, 11) is 0. The van der Waals surface area contributed by atoms with E-state index in [1.165, 1.54) is 0 Å². The van der Waals surface area contributed by atoms with Gasteiger partial charge in [0.1, 0.15) is 0 Å². The molecule has 0 bridgehead atoms. The molecule has 0 aliphatic carbocycles. The molecular weight excluding hydrogens is 256 g/mol. The summed E-state index contributed by atoms with van der Waals surface area (Å²) in [6, 6.07) is 0. The number of nitrogens with two attached hydrogens (primary N) is 1. The van der Waals surface area contributed by atoms with Crippen molar-refractivity contribution in [2.75, 3.05) is 13.1 Å². The van der Waals surface area contributed by atoms with Gasteiger partial charge in [0, 0.05) is 13.1 Å². The van der Waals surface area contributed by atoms with E-state index in [0.717, 1.165) is 13.1 Å². The molecule has 1 saturated heterocycles. The number of hydrogen-bond acceptors (Lipinski definition) is 6. The lowest BCUT2D eigenvalue weighted by Gasteiger charge is -2.41. The van der Waals surface area contributed by atoms with Gasteiger partial charge in [-0.3, -0.25) is 4.90 Å². The van der Waals surface area contributed by atoms with Crippen molar-refractivity contribution in [3.8, 4) is 0 Å².